The molecule has 0 aromatic carbocycles. The highest BCUT2D eigenvalue weighted by Gasteiger charge is 2.32. The van der Waals surface area contributed by atoms with E-state index in [9.17, 15) is 9.59 Å². The third-order valence-electron chi connectivity index (χ3n) is 5.35. The summed E-state index contributed by atoms with van der Waals surface area (Å²) in [5.41, 5.74) is 0. The number of fused-ring (bicyclic) bond motifs is 3. The number of piperidine rings is 4. The molecule has 4 aliphatic heterocycles. The van der Waals surface area contributed by atoms with Gasteiger partial charge in [0, 0.05) is 19.6 Å². The molecule has 1 unspecified atom stereocenters. The van der Waals surface area contributed by atoms with Crippen molar-refractivity contribution in [1.29, 1.82) is 0 Å². The minimum atomic E-state index is -0.732. The van der Waals surface area contributed by atoms with Crippen LogP contribution in [-0.2, 0) is 9.59 Å². The monoisotopic (exact) mass is 292 g/mol. The van der Waals surface area contributed by atoms with E-state index >= 15 is 0 Å². The Kier molecular flexibility index (Phi) is 4.29. The molecule has 2 bridgehead atoms. The molecular weight excluding hydrogens is 268 g/mol. The van der Waals surface area contributed by atoms with Crippen molar-refractivity contribution in [2.75, 3.05) is 32.7 Å². The van der Waals surface area contributed by atoms with Gasteiger partial charge in [-0.1, -0.05) is 6.08 Å². The SMILES string of the molecule is O=C(O)C1CCN(C(=O)/C=C/C2CN3CCC2CC3)CC1. The zero-order valence-electron chi connectivity index (χ0n) is 12.4. The number of likely N-dealkylation sites (tertiary alicyclic amines) is 1. The fraction of sp³-hybridized carbons (Fsp3) is 0.750. The second kappa shape index (κ2) is 6.18. The van der Waals surface area contributed by atoms with Crippen molar-refractivity contribution in [3.63, 3.8) is 0 Å². The minimum absolute atomic E-state index is 0.0512. The van der Waals surface area contributed by atoms with Crippen LogP contribution >= 0.6 is 0 Å². The highest BCUT2D eigenvalue weighted by atomic mass is 16.4. The molecule has 116 valence electrons. The molecule has 0 aromatic heterocycles. The molecule has 5 heteroatoms. The van der Waals surface area contributed by atoms with Gasteiger partial charge in [0.1, 0.15) is 0 Å². The predicted octanol–water partition coefficient (Wildman–Crippen LogP) is 1.21. The Morgan fingerprint density at radius 1 is 1.00 bits per heavy atom. The fourth-order valence-corrected chi connectivity index (χ4v) is 3.89. The molecule has 1 amide bonds. The van der Waals surface area contributed by atoms with E-state index in [0.717, 1.165) is 12.5 Å². The van der Waals surface area contributed by atoms with Crippen LogP contribution in [0.2, 0.25) is 0 Å². The maximum Gasteiger partial charge on any atom is 0.306 e. The summed E-state index contributed by atoms with van der Waals surface area (Å²) >= 11 is 0. The van der Waals surface area contributed by atoms with Crippen LogP contribution in [0.1, 0.15) is 25.7 Å². The van der Waals surface area contributed by atoms with Crippen LogP contribution in [-0.4, -0.2) is 59.5 Å². The Morgan fingerprint density at radius 3 is 2.19 bits per heavy atom. The number of hydrogen-bond acceptors (Lipinski definition) is 3. The van der Waals surface area contributed by atoms with Crippen LogP contribution in [0, 0.1) is 17.8 Å². The second-order valence-electron chi connectivity index (χ2n) is 6.60. The number of carbonyl (C=O) groups excluding carboxylic acids is 1. The Hall–Kier alpha value is -1.36. The standard InChI is InChI=1S/C16H24N2O3/c19-15(18-9-5-13(6-10-18)16(20)21)2-1-14-11-17-7-3-12(14)4-8-17/h1-2,12-14H,3-11H2,(H,20,21)/b2-1+. The first-order valence-corrected chi connectivity index (χ1v) is 8.06. The van der Waals surface area contributed by atoms with Crippen LogP contribution in [0.3, 0.4) is 0 Å². The summed E-state index contributed by atoms with van der Waals surface area (Å²) in [6, 6.07) is 0. The van der Waals surface area contributed by atoms with E-state index in [1.165, 1.54) is 25.9 Å². The molecule has 0 aromatic rings. The average Bonchev–Trinajstić information content (AvgIpc) is 2.54. The zero-order valence-corrected chi connectivity index (χ0v) is 12.4. The first-order valence-electron chi connectivity index (χ1n) is 8.06. The van der Waals surface area contributed by atoms with E-state index in [0.29, 0.717) is 31.8 Å². The number of nitrogens with zero attached hydrogens (tertiary/aromatic N) is 2. The van der Waals surface area contributed by atoms with Crippen molar-refractivity contribution in [2.24, 2.45) is 17.8 Å². The molecule has 0 aliphatic carbocycles. The van der Waals surface area contributed by atoms with Crippen LogP contribution in [0.15, 0.2) is 12.2 Å². The summed E-state index contributed by atoms with van der Waals surface area (Å²) in [5.74, 6) is 0.310. The molecule has 4 aliphatic rings. The molecule has 4 fully saturated rings. The van der Waals surface area contributed by atoms with Gasteiger partial charge in [0.15, 0.2) is 0 Å². The van der Waals surface area contributed by atoms with E-state index in [2.05, 4.69) is 11.0 Å². The molecule has 0 radical (unpaired) electrons. The second-order valence-corrected chi connectivity index (χ2v) is 6.60. The van der Waals surface area contributed by atoms with Crippen molar-refractivity contribution < 1.29 is 14.7 Å². The topological polar surface area (TPSA) is 60.9 Å². The first-order chi connectivity index (χ1) is 10.1. The summed E-state index contributed by atoms with van der Waals surface area (Å²) in [4.78, 5) is 27.4. The fourth-order valence-electron chi connectivity index (χ4n) is 3.89. The lowest BCUT2D eigenvalue weighted by Crippen LogP contribution is -2.46. The summed E-state index contributed by atoms with van der Waals surface area (Å²) in [5, 5.41) is 8.98. The third kappa shape index (κ3) is 3.28. The molecule has 0 spiro atoms. The summed E-state index contributed by atoms with van der Waals surface area (Å²) in [6.45, 7) is 4.66. The van der Waals surface area contributed by atoms with Crippen molar-refractivity contribution in [1.82, 2.24) is 9.80 Å². The summed E-state index contributed by atoms with van der Waals surface area (Å²) in [7, 11) is 0. The van der Waals surface area contributed by atoms with E-state index in [4.69, 9.17) is 5.11 Å². The normalized spacial score (nSPS) is 33.5. The van der Waals surface area contributed by atoms with Crippen molar-refractivity contribution in [3.8, 4) is 0 Å². The predicted molar refractivity (Wildman–Crippen MR) is 78.7 cm³/mol. The molecule has 5 nitrogen and oxygen atoms in total. The third-order valence-corrected chi connectivity index (χ3v) is 5.35. The van der Waals surface area contributed by atoms with E-state index in [-0.39, 0.29) is 11.8 Å². The van der Waals surface area contributed by atoms with Gasteiger partial charge in [-0.15, -0.1) is 0 Å². The number of carboxylic acids is 1. The minimum Gasteiger partial charge on any atom is -0.481 e. The van der Waals surface area contributed by atoms with Crippen LogP contribution in [0.25, 0.3) is 0 Å². The summed E-state index contributed by atoms with van der Waals surface area (Å²) < 4.78 is 0. The molecule has 4 saturated heterocycles. The van der Waals surface area contributed by atoms with Crippen molar-refractivity contribution in [2.45, 2.75) is 25.7 Å². The largest absolute Gasteiger partial charge is 0.481 e. The van der Waals surface area contributed by atoms with Gasteiger partial charge >= 0.3 is 5.97 Å². The number of carboxylic acid groups (broad SMARTS) is 1. The molecule has 1 atom stereocenters. The molecule has 4 heterocycles. The van der Waals surface area contributed by atoms with Crippen LogP contribution < -0.4 is 0 Å². The number of hydrogen-bond donors (Lipinski definition) is 1. The molecule has 21 heavy (non-hydrogen) atoms. The lowest BCUT2D eigenvalue weighted by Gasteiger charge is -2.43. The quantitative estimate of drug-likeness (QED) is 0.794. The van der Waals surface area contributed by atoms with E-state index < -0.39 is 5.97 Å². The smallest absolute Gasteiger partial charge is 0.306 e. The van der Waals surface area contributed by atoms with Crippen LogP contribution in [0.4, 0.5) is 0 Å². The van der Waals surface area contributed by atoms with E-state index in [1.807, 2.05) is 0 Å². The molecular formula is C16H24N2O3. The lowest BCUT2D eigenvalue weighted by atomic mass is 9.79. The maximum atomic E-state index is 12.2. The van der Waals surface area contributed by atoms with Gasteiger partial charge in [-0.3, -0.25) is 9.59 Å². The maximum absolute atomic E-state index is 12.2. The molecule has 1 N–H and O–H groups in total. The highest BCUT2D eigenvalue weighted by Crippen LogP contribution is 2.33. The van der Waals surface area contributed by atoms with Crippen LogP contribution in [0.5, 0.6) is 0 Å². The van der Waals surface area contributed by atoms with Gasteiger partial charge in [0.2, 0.25) is 5.91 Å². The Labute approximate surface area is 125 Å². The number of rotatable bonds is 3. The van der Waals surface area contributed by atoms with Gasteiger partial charge in [-0.05, 0) is 56.7 Å². The number of aliphatic carboxylic acids is 1. The first kappa shape index (κ1) is 14.6. The van der Waals surface area contributed by atoms with Crippen molar-refractivity contribution in [3.05, 3.63) is 12.2 Å². The number of carbonyl (C=O) groups is 2. The zero-order chi connectivity index (χ0) is 14.8. The van der Waals surface area contributed by atoms with Gasteiger partial charge in [0.25, 0.3) is 0 Å². The van der Waals surface area contributed by atoms with Crippen molar-refractivity contribution >= 4 is 11.9 Å². The average molecular weight is 292 g/mol. The Balaban J connectivity index is 1.50. The molecule has 4 rings (SSSR count). The Bertz CT molecular complexity index is 433. The highest BCUT2D eigenvalue weighted by molar-refractivity contribution is 5.87. The van der Waals surface area contributed by atoms with E-state index in [1.54, 1.807) is 11.0 Å². The van der Waals surface area contributed by atoms with Gasteiger partial charge < -0.3 is 14.9 Å². The van der Waals surface area contributed by atoms with Gasteiger partial charge in [-0.2, -0.15) is 0 Å². The lowest BCUT2D eigenvalue weighted by molar-refractivity contribution is -0.144. The van der Waals surface area contributed by atoms with Gasteiger partial charge in [-0.25, -0.2) is 0 Å². The number of amides is 1. The van der Waals surface area contributed by atoms with Gasteiger partial charge in [0.05, 0.1) is 5.92 Å². The Morgan fingerprint density at radius 2 is 1.67 bits per heavy atom. The summed E-state index contributed by atoms with van der Waals surface area (Å²) in [6.07, 6.45) is 7.50. The molecule has 0 saturated carbocycles.